The summed E-state index contributed by atoms with van der Waals surface area (Å²) in [6, 6.07) is 0.0136. The molecule has 27 heavy (non-hydrogen) atoms. The Kier molecular flexibility index (Phi) is 11.2. The zero-order chi connectivity index (χ0) is 19.0. The first kappa shape index (κ1) is 24.7. The Balaban J connectivity index is 0.00000364. The molecule has 0 aliphatic carbocycles. The molecule has 2 saturated heterocycles. The summed E-state index contributed by atoms with van der Waals surface area (Å²) in [6.07, 6.45) is -2.40. The van der Waals surface area contributed by atoms with Gasteiger partial charge in [-0.15, -0.1) is 24.0 Å². The van der Waals surface area contributed by atoms with Crippen molar-refractivity contribution in [1.29, 1.82) is 0 Å². The topological polar surface area (TPSA) is 49.3 Å². The van der Waals surface area contributed by atoms with Gasteiger partial charge in [0.1, 0.15) is 0 Å². The third-order valence-corrected chi connectivity index (χ3v) is 4.69. The lowest BCUT2D eigenvalue weighted by Crippen LogP contribution is -2.46. The number of halogens is 4. The fourth-order valence-corrected chi connectivity index (χ4v) is 3.47. The molecular weight excluding hydrogens is 476 g/mol. The number of nitrogens with one attached hydrogen (secondary N) is 1. The van der Waals surface area contributed by atoms with Crippen LogP contribution in [-0.2, 0) is 9.47 Å². The van der Waals surface area contributed by atoms with Gasteiger partial charge >= 0.3 is 6.18 Å². The Morgan fingerprint density at radius 1 is 1.19 bits per heavy atom. The molecule has 0 amide bonds. The Morgan fingerprint density at radius 3 is 2.63 bits per heavy atom. The first-order chi connectivity index (χ1) is 12.4. The molecule has 2 fully saturated rings. The van der Waals surface area contributed by atoms with E-state index in [1.807, 2.05) is 6.92 Å². The number of guanidine groups is 1. The maximum absolute atomic E-state index is 12.5. The molecular formula is C17H32F3IN4O2. The lowest BCUT2D eigenvalue weighted by atomic mass is 10.1. The van der Waals surface area contributed by atoms with Crippen molar-refractivity contribution in [2.45, 2.75) is 32.0 Å². The lowest BCUT2D eigenvalue weighted by molar-refractivity contribution is -0.143. The molecule has 1 N–H and O–H groups in total. The molecule has 0 bridgehead atoms. The molecule has 0 aromatic heterocycles. The van der Waals surface area contributed by atoms with E-state index in [9.17, 15) is 13.2 Å². The molecule has 160 valence electrons. The summed E-state index contributed by atoms with van der Waals surface area (Å²) in [5.74, 6) is 1.26. The summed E-state index contributed by atoms with van der Waals surface area (Å²) in [4.78, 5) is 8.19. The number of hydrogen-bond acceptors (Lipinski definition) is 4. The van der Waals surface area contributed by atoms with Gasteiger partial charge in [0.25, 0.3) is 0 Å². The van der Waals surface area contributed by atoms with Crippen molar-refractivity contribution in [3.8, 4) is 0 Å². The van der Waals surface area contributed by atoms with Crippen LogP contribution >= 0.6 is 24.0 Å². The first-order valence-corrected chi connectivity index (χ1v) is 9.33. The predicted molar refractivity (Wildman–Crippen MR) is 110 cm³/mol. The van der Waals surface area contributed by atoms with E-state index in [4.69, 9.17) is 9.47 Å². The second-order valence-electron chi connectivity index (χ2n) is 6.95. The molecule has 0 spiro atoms. The fraction of sp³-hybridized carbons (Fsp3) is 0.941. The minimum absolute atomic E-state index is 0. The van der Waals surface area contributed by atoms with Gasteiger partial charge in [-0.05, 0) is 19.8 Å². The standard InChI is InChI=1S/C17H31F3N4O2.HI/c1-3-21-16(22-15-5-6-23(11-15)13-17(18,19)20)24-7-4-14(10-24)12-26-9-8-25-2;/h14-15H,3-13H2,1-2H3,(H,21,22);1H. The van der Waals surface area contributed by atoms with Gasteiger partial charge in [-0.3, -0.25) is 9.89 Å². The van der Waals surface area contributed by atoms with E-state index >= 15 is 0 Å². The van der Waals surface area contributed by atoms with Crippen LogP contribution in [0.4, 0.5) is 13.2 Å². The summed E-state index contributed by atoms with van der Waals surface area (Å²) in [5.41, 5.74) is 0. The highest BCUT2D eigenvalue weighted by atomic mass is 127. The quantitative estimate of drug-likeness (QED) is 0.236. The largest absolute Gasteiger partial charge is 0.401 e. The summed E-state index contributed by atoms with van der Waals surface area (Å²) >= 11 is 0. The monoisotopic (exact) mass is 508 g/mol. The number of nitrogens with zero attached hydrogens (tertiary/aromatic N) is 3. The normalized spacial score (nSPS) is 24.3. The highest BCUT2D eigenvalue weighted by molar-refractivity contribution is 14.0. The number of aliphatic imine (C=N–C) groups is 1. The SMILES string of the molecule is CCN=C(NC1CCN(CC(F)(F)F)C1)N1CCC(COCCOC)C1.I. The van der Waals surface area contributed by atoms with Crippen molar-refractivity contribution in [3.05, 3.63) is 0 Å². The predicted octanol–water partition coefficient (Wildman–Crippen LogP) is 2.19. The van der Waals surface area contributed by atoms with E-state index in [1.165, 1.54) is 4.90 Å². The molecule has 2 atom stereocenters. The second kappa shape index (κ2) is 12.3. The summed E-state index contributed by atoms with van der Waals surface area (Å²) < 4.78 is 48.2. The third-order valence-electron chi connectivity index (χ3n) is 4.69. The van der Waals surface area contributed by atoms with Crippen LogP contribution < -0.4 is 5.32 Å². The number of methoxy groups -OCH3 is 1. The van der Waals surface area contributed by atoms with Gasteiger partial charge in [0.2, 0.25) is 0 Å². The van der Waals surface area contributed by atoms with E-state index in [1.54, 1.807) is 7.11 Å². The molecule has 2 aliphatic heterocycles. The van der Waals surface area contributed by atoms with Gasteiger partial charge in [-0.25, -0.2) is 0 Å². The van der Waals surface area contributed by atoms with Crippen molar-refractivity contribution in [3.63, 3.8) is 0 Å². The van der Waals surface area contributed by atoms with Gasteiger partial charge in [-0.1, -0.05) is 0 Å². The molecule has 6 nitrogen and oxygen atoms in total. The number of alkyl halides is 3. The number of rotatable bonds is 8. The second-order valence-corrected chi connectivity index (χ2v) is 6.95. The number of likely N-dealkylation sites (tertiary alicyclic amines) is 2. The average molecular weight is 508 g/mol. The maximum Gasteiger partial charge on any atom is 0.401 e. The Labute approximate surface area is 176 Å². The molecule has 2 rings (SSSR count). The Hall–Kier alpha value is -0.330. The zero-order valence-corrected chi connectivity index (χ0v) is 18.5. The molecule has 0 radical (unpaired) electrons. The van der Waals surface area contributed by atoms with Gasteiger partial charge in [0.05, 0.1) is 26.4 Å². The van der Waals surface area contributed by atoms with E-state index in [0.29, 0.717) is 51.8 Å². The first-order valence-electron chi connectivity index (χ1n) is 9.33. The van der Waals surface area contributed by atoms with E-state index in [2.05, 4.69) is 15.2 Å². The van der Waals surface area contributed by atoms with Gasteiger partial charge < -0.3 is 19.7 Å². The smallest absolute Gasteiger partial charge is 0.382 e. The molecule has 2 unspecified atom stereocenters. The molecule has 0 saturated carbocycles. The van der Waals surface area contributed by atoms with E-state index in [0.717, 1.165) is 25.5 Å². The zero-order valence-electron chi connectivity index (χ0n) is 16.1. The summed E-state index contributed by atoms with van der Waals surface area (Å²) in [7, 11) is 1.65. The third kappa shape index (κ3) is 9.14. The molecule has 2 heterocycles. The van der Waals surface area contributed by atoms with Crippen molar-refractivity contribution < 1.29 is 22.6 Å². The van der Waals surface area contributed by atoms with Crippen LogP contribution in [0.15, 0.2) is 4.99 Å². The highest BCUT2D eigenvalue weighted by Crippen LogP contribution is 2.21. The average Bonchev–Trinajstić information content (AvgIpc) is 3.19. The van der Waals surface area contributed by atoms with Gasteiger partial charge in [-0.2, -0.15) is 13.2 Å². The van der Waals surface area contributed by atoms with Crippen LogP contribution in [0.1, 0.15) is 19.8 Å². The fourth-order valence-electron chi connectivity index (χ4n) is 3.47. The van der Waals surface area contributed by atoms with Crippen LogP contribution in [0.3, 0.4) is 0 Å². The van der Waals surface area contributed by atoms with E-state index in [-0.39, 0.29) is 30.0 Å². The minimum atomic E-state index is -4.14. The van der Waals surface area contributed by atoms with Crippen LogP contribution in [-0.4, -0.2) is 94.2 Å². The van der Waals surface area contributed by atoms with Crippen molar-refractivity contribution in [2.24, 2.45) is 10.9 Å². The Morgan fingerprint density at radius 2 is 1.96 bits per heavy atom. The van der Waals surface area contributed by atoms with Gasteiger partial charge in [0.15, 0.2) is 5.96 Å². The van der Waals surface area contributed by atoms with E-state index < -0.39 is 12.7 Å². The Bertz CT molecular complexity index is 454. The maximum atomic E-state index is 12.5. The van der Waals surface area contributed by atoms with Crippen molar-refractivity contribution in [2.75, 3.05) is 66.2 Å². The van der Waals surface area contributed by atoms with Crippen LogP contribution in [0.5, 0.6) is 0 Å². The highest BCUT2D eigenvalue weighted by Gasteiger charge is 2.35. The van der Waals surface area contributed by atoms with Crippen molar-refractivity contribution >= 4 is 29.9 Å². The van der Waals surface area contributed by atoms with Gasteiger partial charge in [0, 0.05) is 51.8 Å². The summed E-state index contributed by atoms with van der Waals surface area (Å²) in [6.45, 7) is 6.28. The summed E-state index contributed by atoms with van der Waals surface area (Å²) in [5, 5.41) is 3.38. The van der Waals surface area contributed by atoms with Crippen LogP contribution in [0.25, 0.3) is 0 Å². The van der Waals surface area contributed by atoms with Crippen molar-refractivity contribution in [1.82, 2.24) is 15.1 Å². The number of ether oxygens (including phenoxy) is 2. The minimum Gasteiger partial charge on any atom is -0.382 e. The lowest BCUT2D eigenvalue weighted by Gasteiger charge is -2.25. The molecule has 10 heteroatoms. The number of hydrogen-bond donors (Lipinski definition) is 1. The van der Waals surface area contributed by atoms with Crippen LogP contribution in [0, 0.1) is 5.92 Å². The molecule has 0 aromatic rings. The molecule has 0 aromatic carbocycles. The van der Waals surface area contributed by atoms with Crippen LogP contribution in [0.2, 0.25) is 0 Å². The molecule has 2 aliphatic rings.